The maximum absolute atomic E-state index is 12.6. The number of aromatic nitrogens is 4. The maximum Gasteiger partial charge on any atom is 0.291 e. The van der Waals surface area contributed by atoms with Crippen LogP contribution in [-0.2, 0) is 6.54 Å². The van der Waals surface area contributed by atoms with E-state index in [-0.39, 0.29) is 11.7 Å². The molecule has 0 saturated carbocycles. The molecule has 29 heavy (non-hydrogen) atoms. The Bertz CT molecular complexity index is 961. The second-order valence-electron chi connectivity index (χ2n) is 7.32. The van der Waals surface area contributed by atoms with E-state index in [4.69, 9.17) is 9.15 Å². The van der Waals surface area contributed by atoms with Crippen molar-refractivity contribution < 1.29 is 13.9 Å². The van der Waals surface area contributed by atoms with Gasteiger partial charge in [0.15, 0.2) is 5.76 Å². The summed E-state index contributed by atoms with van der Waals surface area (Å²) in [5.74, 6) is 2.03. The number of carbonyl (C=O) groups excluding carboxylic acids is 1. The van der Waals surface area contributed by atoms with Crippen LogP contribution in [0.5, 0.6) is 5.75 Å². The molecular weight excluding hydrogens is 372 g/mol. The third kappa shape index (κ3) is 4.45. The van der Waals surface area contributed by atoms with Crippen LogP contribution in [0.2, 0.25) is 0 Å². The van der Waals surface area contributed by atoms with Gasteiger partial charge in [-0.2, -0.15) is 0 Å². The van der Waals surface area contributed by atoms with Gasteiger partial charge < -0.3 is 14.5 Å². The molecule has 152 valence electrons. The molecule has 0 radical (unpaired) electrons. The molecule has 3 aromatic rings. The molecular formula is C20H24N6O3. The van der Waals surface area contributed by atoms with E-state index in [0.29, 0.717) is 11.4 Å². The van der Waals surface area contributed by atoms with E-state index in [2.05, 4.69) is 32.7 Å². The molecule has 4 rings (SSSR count). The minimum absolute atomic E-state index is 0.275. The zero-order chi connectivity index (χ0) is 20.2. The third-order valence-corrected chi connectivity index (χ3v) is 5.19. The average molecular weight is 396 g/mol. The highest BCUT2D eigenvalue weighted by Gasteiger charge is 2.19. The van der Waals surface area contributed by atoms with Gasteiger partial charge in [0.05, 0.1) is 25.0 Å². The van der Waals surface area contributed by atoms with Crippen LogP contribution in [0.25, 0.3) is 5.69 Å². The van der Waals surface area contributed by atoms with Crippen LogP contribution in [0.15, 0.2) is 41.1 Å². The molecule has 1 aliphatic rings. The van der Waals surface area contributed by atoms with E-state index in [1.54, 1.807) is 31.4 Å². The van der Waals surface area contributed by atoms with Gasteiger partial charge in [-0.15, -0.1) is 5.10 Å². The van der Waals surface area contributed by atoms with Gasteiger partial charge in [-0.05, 0) is 66.5 Å². The van der Waals surface area contributed by atoms with Crippen molar-refractivity contribution in [2.24, 2.45) is 5.92 Å². The summed E-state index contributed by atoms with van der Waals surface area (Å²) in [5, 5.41) is 13.9. The molecule has 1 aromatic carbocycles. The average Bonchev–Trinajstić information content (AvgIpc) is 3.42. The number of likely N-dealkylation sites (tertiary alicyclic amines) is 1. The van der Waals surface area contributed by atoms with Crippen molar-refractivity contribution in [2.45, 2.75) is 26.3 Å². The van der Waals surface area contributed by atoms with Crippen molar-refractivity contribution in [3.8, 4) is 11.4 Å². The molecule has 9 heteroatoms. The molecule has 9 nitrogen and oxygen atoms in total. The fourth-order valence-corrected chi connectivity index (χ4v) is 3.41. The van der Waals surface area contributed by atoms with E-state index in [1.165, 1.54) is 23.9 Å². The molecule has 2 aromatic heterocycles. The summed E-state index contributed by atoms with van der Waals surface area (Å²) in [7, 11) is 1.54. The molecule has 0 aliphatic carbocycles. The van der Waals surface area contributed by atoms with Crippen LogP contribution >= 0.6 is 0 Å². The first kappa shape index (κ1) is 19.1. The highest BCUT2D eigenvalue weighted by atomic mass is 16.5. The number of amides is 1. The van der Waals surface area contributed by atoms with Gasteiger partial charge >= 0.3 is 0 Å². The Hall–Kier alpha value is -3.20. The van der Waals surface area contributed by atoms with Crippen molar-refractivity contribution in [3.05, 3.63) is 48.2 Å². The molecule has 3 heterocycles. The second-order valence-corrected chi connectivity index (χ2v) is 7.32. The number of ether oxygens (including phenoxy) is 1. The second kappa shape index (κ2) is 8.44. The summed E-state index contributed by atoms with van der Waals surface area (Å²) in [6, 6.07) is 8.85. The normalized spacial score (nSPS) is 15.4. The predicted molar refractivity (Wildman–Crippen MR) is 106 cm³/mol. The number of hydrogen-bond acceptors (Lipinski definition) is 7. The Labute approximate surface area is 168 Å². The van der Waals surface area contributed by atoms with Crippen molar-refractivity contribution in [2.75, 3.05) is 25.5 Å². The van der Waals surface area contributed by atoms with Crippen LogP contribution in [0.3, 0.4) is 0 Å². The molecule has 1 aliphatic heterocycles. The predicted octanol–water partition coefficient (Wildman–Crippen LogP) is 2.75. The molecule has 1 amide bonds. The first-order valence-corrected chi connectivity index (χ1v) is 9.66. The summed E-state index contributed by atoms with van der Waals surface area (Å²) in [6.07, 6.45) is 3.89. The fraction of sp³-hybridized carbons (Fsp3) is 0.400. The number of rotatable bonds is 6. The van der Waals surface area contributed by atoms with Gasteiger partial charge in [-0.25, -0.2) is 4.68 Å². The largest absolute Gasteiger partial charge is 0.494 e. The topological polar surface area (TPSA) is 98.3 Å². The summed E-state index contributed by atoms with van der Waals surface area (Å²) in [5.41, 5.74) is 1.26. The number of nitrogens with zero attached hydrogens (tertiary/aromatic N) is 5. The van der Waals surface area contributed by atoms with Crippen molar-refractivity contribution in [1.29, 1.82) is 0 Å². The van der Waals surface area contributed by atoms with Crippen molar-refractivity contribution in [3.63, 3.8) is 0 Å². The molecule has 1 N–H and O–H groups in total. The fourth-order valence-electron chi connectivity index (χ4n) is 3.41. The quantitative estimate of drug-likeness (QED) is 0.684. The van der Waals surface area contributed by atoms with Crippen molar-refractivity contribution >= 4 is 11.6 Å². The SMILES string of the molecule is COc1cc(-n2cnnn2)ccc1NC(=O)c1ccc(CN2CCC(C)CC2)o1. The lowest BCUT2D eigenvalue weighted by atomic mass is 9.99. The monoisotopic (exact) mass is 396 g/mol. The molecule has 0 unspecified atom stereocenters. The van der Waals surface area contributed by atoms with Gasteiger partial charge in [0.2, 0.25) is 0 Å². The van der Waals surface area contributed by atoms with Crippen molar-refractivity contribution in [1.82, 2.24) is 25.1 Å². The van der Waals surface area contributed by atoms with E-state index < -0.39 is 0 Å². The Kier molecular flexibility index (Phi) is 5.57. The van der Waals surface area contributed by atoms with Gasteiger partial charge in [0, 0.05) is 6.07 Å². The Morgan fingerprint density at radius 3 is 2.83 bits per heavy atom. The molecule has 1 saturated heterocycles. The van der Waals surface area contributed by atoms with E-state index in [0.717, 1.165) is 37.0 Å². The van der Waals surface area contributed by atoms with Gasteiger partial charge in [0.1, 0.15) is 17.8 Å². The van der Waals surface area contributed by atoms with Gasteiger partial charge in [-0.1, -0.05) is 6.92 Å². The third-order valence-electron chi connectivity index (χ3n) is 5.19. The molecule has 0 bridgehead atoms. The molecule has 0 spiro atoms. The summed E-state index contributed by atoms with van der Waals surface area (Å²) in [4.78, 5) is 15.0. The smallest absolute Gasteiger partial charge is 0.291 e. The lowest BCUT2D eigenvalue weighted by Crippen LogP contribution is -2.32. The number of piperidine rings is 1. The molecule has 0 atom stereocenters. The number of carbonyl (C=O) groups is 1. The summed E-state index contributed by atoms with van der Waals surface area (Å²) in [6.45, 7) is 5.14. The van der Waals surface area contributed by atoms with Crippen LogP contribution in [0, 0.1) is 5.92 Å². The van der Waals surface area contributed by atoms with Crippen LogP contribution in [-0.4, -0.2) is 51.2 Å². The van der Waals surface area contributed by atoms with Crippen LogP contribution in [0.1, 0.15) is 36.1 Å². The van der Waals surface area contributed by atoms with Gasteiger partial charge in [0.25, 0.3) is 5.91 Å². The zero-order valence-electron chi connectivity index (χ0n) is 16.5. The number of furan rings is 1. The number of anilines is 1. The van der Waals surface area contributed by atoms with Gasteiger partial charge in [-0.3, -0.25) is 9.69 Å². The number of methoxy groups -OCH3 is 1. The Morgan fingerprint density at radius 1 is 1.28 bits per heavy atom. The van der Waals surface area contributed by atoms with Crippen LogP contribution < -0.4 is 10.1 Å². The Balaban J connectivity index is 1.42. The molecule has 1 fully saturated rings. The standard InChI is InChI=1S/C20H24N6O3/c1-14-7-9-25(10-8-14)12-16-4-6-18(29-16)20(27)22-17-5-3-15(11-19(17)28-2)26-13-21-23-24-26/h3-6,11,13-14H,7-10,12H2,1-2H3,(H,22,27). The maximum atomic E-state index is 12.6. The minimum atomic E-state index is -0.322. The summed E-state index contributed by atoms with van der Waals surface area (Å²) >= 11 is 0. The number of benzene rings is 1. The summed E-state index contributed by atoms with van der Waals surface area (Å²) < 4.78 is 12.7. The van der Waals surface area contributed by atoms with E-state index in [9.17, 15) is 4.79 Å². The lowest BCUT2D eigenvalue weighted by Gasteiger charge is -2.29. The Morgan fingerprint density at radius 2 is 2.10 bits per heavy atom. The minimum Gasteiger partial charge on any atom is -0.494 e. The van der Waals surface area contributed by atoms with E-state index >= 15 is 0 Å². The van der Waals surface area contributed by atoms with Crippen LogP contribution in [0.4, 0.5) is 5.69 Å². The first-order chi connectivity index (χ1) is 14.1. The highest BCUT2D eigenvalue weighted by molar-refractivity contribution is 6.03. The first-order valence-electron chi connectivity index (χ1n) is 9.66. The lowest BCUT2D eigenvalue weighted by molar-refractivity contribution is 0.0991. The number of tetrazole rings is 1. The number of hydrogen-bond donors (Lipinski definition) is 1. The zero-order valence-corrected chi connectivity index (χ0v) is 16.5. The number of nitrogens with one attached hydrogen (secondary N) is 1. The van der Waals surface area contributed by atoms with E-state index in [1.807, 2.05) is 6.07 Å². The highest BCUT2D eigenvalue weighted by Crippen LogP contribution is 2.28.